The maximum Gasteiger partial charge on any atom is 0.157 e. The number of amidine groups is 1. The molecule has 1 unspecified atom stereocenters. The monoisotopic (exact) mass is 226 g/mol. The molecule has 15 heavy (non-hydrogen) atoms. The second-order valence-corrected chi connectivity index (χ2v) is 6.08. The molecule has 0 spiro atoms. The summed E-state index contributed by atoms with van der Waals surface area (Å²) in [6.45, 7) is 5.57. The first kappa shape index (κ1) is 11.3. The van der Waals surface area contributed by atoms with Crippen molar-refractivity contribution in [2.75, 3.05) is 6.54 Å². The molecule has 0 aromatic rings. The van der Waals surface area contributed by atoms with Crippen molar-refractivity contribution >= 4 is 16.9 Å². The third kappa shape index (κ3) is 2.49. The zero-order valence-electron chi connectivity index (χ0n) is 9.88. The SMILES string of the molecule is CCCC1CN=C(NC2(CC)CCC2)S1. The Hall–Kier alpha value is -0.180. The highest BCUT2D eigenvalue weighted by Gasteiger charge is 2.36. The number of hydrogen-bond acceptors (Lipinski definition) is 3. The minimum absolute atomic E-state index is 0.410. The maximum atomic E-state index is 4.62. The largest absolute Gasteiger partial charge is 0.359 e. The molecule has 3 heteroatoms. The standard InChI is InChI=1S/C12H22N2S/c1-3-6-10-9-13-11(15-10)14-12(4-2)7-5-8-12/h10H,3-9H2,1-2H3,(H,13,14). The van der Waals surface area contributed by atoms with E-state index in [0.29, 0.717) is 5.54 Å². The summed E-state index contributed by atoms with van der Waals surface area (Å²) in [4.78, 5) is 4.62. The Morgan fingerprint density at radius 2 is 2.27 bits per heavy atom. The summed E-state index contributed by atoms with van der Waals surface area (Å²) < 4.78 is 0. The third-order valence-electron chi connectivity index (χ3n) is 3.69. The van der Waals surface area contributed by atoms with Gasteiger partial charge in [0.25, 0.3) is 0 Å². The van der Waals surface area contributed by atoms with E-state index in [9.17, 15) is 0 Å². The van der Waals surface area contributed by atoms with Crippen molar-refractivity contribution in [3.63, 3.8) is 0 Å². The van der Waals surface area contributed by atoms with Gasteiger partial charge in [0, 0.05) is 10.8 Å². The van der Waals surface area contributed by atoms with E-state index in [2.05, 4.69) is 24.2 Å². The van der Waals surface area contributed by atoms with Crippen LogP contribution in [-0.4, -0.2) is 22.5 Å². The Labute approximate surface area is 97.3 Å². The highest BCUT2D eigenvalue weighted by molar-refractivity contribution is 8.14. The summed E-state index contributed by atoms with van der Waals surface area (Å²) in [5.74, 6) is 0. The molecule has 0 bridgehead atoms. The molecule has 1 atom stereocenters. The van der Waals surface area contributed by atoms with Gasteiger partial charge in [-0.15, -0.1) is 0 Å². The molecule has 1 aliphatic carbocycles. The number of nitrogens with zero attached hydrogens (tertiary/aromatic N) is 1. The molecule has 0 amide bonds. The molecule has 1 heterocycles. The van der Waals surface area contributed by atoms with Crippen LogP contribution in [0.2, 0.25) is 0 Å². The Bertz CT molecular complexity index is 240. The molecule has 0 saturated heterocycles. The molecule has 0 aromatic carbocycles. The maximum absolute atomic E-state index is 4.62. The van der Waals surface area contributed by atoms with Gasteiger partial charge >= 0.3 is 0 Å². The van der Waals surface area contributed by atoms with E-state index in [4.69, 9.17) is 0 Å². The first-order valence-corrected chi connectivity index (χ1v) is 7.15. The topological polar surface area (TPSA) is 24.4 Å². The molecule has 1 fully saturated rings. The Morgan fingerprint density at radius 1 is 1.47 bits per heavy atom. The molecule has 1 aliphatic heterocycles. The molecule has 0 aromatic heterocycles. The summed E-state index contributed by atoms with van der Waals surface area (Å²) in [5, 5.41) is 5.64. The Morgan fingerprint density at radius 3 is 2.80 bits per heavy atom. The zero-order chi connectivity index (χ0) is 10.7. The van der Waals surface area contributed by atoms with Crippen molar-refractivity contribution in [3.8, 4) is 0 Å². The minimum Gasteiger partial charge on any atom is -0.359 e. The van der Waals surface area contributed by atoms with Gasteiger partial charge in [0.15, 0.2) is 5.17 Å². The molecule has 0 radical (unpaired) electrons. The summed E-state index contributed by atoms with van der Waals surface area (Å²) in [6, 6.07) is 0. The van der Waals surface area contributed by atoms with E-state index in [-0.39, 0.29) is 0 Å². The second kappa shape index (κ2) is 4.77. The Balaban J connectivity index is 1.81. The molecule has 1 saturated carbocycles. The summed E-state index contributed by atoms with van der Waals surface area (Å²) in [5.41, 5.74) is 0.410. The number of hydrogen-bond donors (Lipinski definition) is 1. The van der Waals surface area contributed by atoms with Crippen LogP contribution in [0.25, 0.3) is 0 Å². The fourth-order valence-corrected chi connectivity index (χ4v) is 3.60. The van der Waals surface area contributed by atoms with E-state index in [0.717, 1.165) is 11.8 Å². The first-order chi connectivity index (χ1) is 7.28. The fraction of sp³-hybridized carbons (Fsp3) is 0.917. The van der Waals surface area contributed by atoms with Crippen molar-refractivity contribution in [1.29, 1.82) is 0 Å². The molecule has 1 N–H and O–H groups in total. The number of aliphatic imine (C=N–C) groups is 1. The van der Waals surface area contributed by atoms with Crippen LogP contribution >= 0.6 is 11.8 Å². The average molecular weight is 226 g/mol. The van der Waals surface area contributed by atoms with Crippen molar-refractivity contribution in [2.45, 2.75) is 63.2 Å². The molecule has 2 rings (SSSR count). The number of nitrogens with one attached hydrogen (secondary N) is 1. The second-order valence-electron chi connectivity index (χ2n) is 4.79. The molecular formula is C12H22N2S. The van der Waals surface area contributed by atoms with E-state index in [1.165, 1.54) is 43.7 Å². The van der Waals surface area contributed by atoms with Crippen LogP contribution in [0, 0.1) is 0 Å². The molecule has 2 nitrogen and oxygen atoms in total. The van der Waals surface area contributed by atoms with Gasteiger partial charge in [0.1, 0.15) is 0 Å². The van der Waals surface area contributed by atoms with Crippen LogP contribution in [0.5, 0.6) is 0 Å². The third-order valence-corrected chi connectivity index (χ3v) is 4.86. The Kier molecular flexibility index (Phi) is 3.60. The highest BCUT2D eigenvalue weighted by atomic mass is 32.2. The molecule has 2 aliphatic rings. The minimum atomic E-state index is 0.410. The van der Waals surface area contributed by atoms with Crippen LogP contribution < -0.4 is 5.32 Å². The normalized spacial score (nSPS) is 28.4. The number of thioether (sulfide) groups is 1. The van der Waals surface area contributed by atoms with Crippen LogP contribution in [0.3, 0.4) is 0 Å². The van der Waals surface area contributed by atoms with Crippen LogP contribution in [-0.2, 0) is 0 Å². The quantitative estimate of drug-likeness (QED) is 0.796. The van der Waals surface area contributed by atoms with Crippen LogP contribution in [0.4, 0.5) is 0 Å². The van der Waals surface area contributed by atoms with E-state index >= 15 is 0 Å². The van der Waals surface area contributed by atoms with Gasteiger partial charge in [0.05, 0.1) is 6.54 Å². The van der Waals surface area contributed by atoms with E-state index < -0.39 is 0 Å². The molecule has 86 valence electrons. The summed E-state index contributed by atoms with van der Waals surface area (Å²) in [6.07, 6.45) is 7.88. The smallest absolute Gasteiger partial charge is 0.157 e. The number of rotatable bonds is 4. The lowest BCUT2D eigenvalue weighted by atomic mass is 9.75. The van der Waals surface area contributed by atoms with Crippen LogP contribution in [0.15, 0.2) is 4.99 Å². The fourth-order valence-electron chi connectivity index (χ4n) is 2.36. The van der Waals surface area contributed by atoms with Gasteiger partial charge in [-0.1, -0.05) is 32.0 Å². The zero-order valence-corrected chi connectivity index (χ0v) is 10.7. The van der Waals surface area contributed by atoms with Gasteiger partial charge < -0.3 is 5.32 Å². The summed E-state index contributed by atoms with van der Waals surface area (Å²) >= 11 is 1.97. The van der Waals surface area contributed by atoms with Gasteiger partial charge in [-0.05, 0) is 32.1 Å². The first-order valence-electron chi connectivity index (χ1n) is 6.27. The lowest BCUT2D eigenvalue weighted by Gasteiger charge is -2.42. The predicted octanol–water partition coefficient (Wildman–Crippen LogP) is 3.18. The van der Waals surface area contributed by atoms with E-state index in [1.807, 2.05) is 11.8 Å². The van der Waals surface area contributed by atoms with Gasteiger partial charge in [0.2, 0.25) is 0 Å². The predicted molar refractivity (Wildman–Crippen MR) is 68.6 cm³/mol. The van der Waals surface area contributed by atoms with Crippen molar-refractivity contribution in [1.82, 2.24) is 5.32 Å². The van der Waals surface area contributed by atoms with Crippen molar-refractivity contribution in [2.24, 2.45) is 4.99 Å². The molecular weight excluding hydrogens is 204 g/mol. The highest BCUT2D eigenvalue weighted by Crippen LogP contribution is 2.36. The van der Waals surface area contributed by atoms with E-state index in [1.54, 1.807) is 0 Å². The van der Waals surface area contributed by atoms with Gasteiger partial charge in [-0.3, -0.25) is 4.99 Å². The van der Waals surface area contributed by atoms with Crippen LogP contribution in [0.1, 0.15) is 52.4 Å². The lowest BCUT2D eigenvalue weighted by Crippen LogP contribution is -2.52. The van der Waals surface area contributed by atoms with Gasteiger partial charge in [-0.2, -0.15) is 0 Å². The lowest BCUT2D eigenvalue weighted by molar-refractivity contribution is 0.211. The van der Waals surface area contributed by atoms with Crippen molar-refractivity contribution in [3.05, 3.63) is 0 Å². The average Bonchev–Trinajstić information content (AvgIpc) is 2.60. The summed E-state index contributed by atoms with van der Waals surface area (Å²) in [7, 11) is 0. The van der Waals surface area contributed by atoms with Gasteiger partial charge in [-0.25, -0.2) is 0 Å². The van der Waals surface area contributed by atoms with Crippen molar-refractivity contribution < 1.29 is 0 Å².